The van der Waals surface area contributed by atoms with Crippen molar-refractivity contribution in [2.45, 2.75) is 44.7 Å². The Morgan fingerprint density at radius 3 is 2.57 bits per heavy atom. The Kier molecular flexibility index (Phi) is 3.31. The van der Waals surface area contributed by atoms with Crippen LogP contribution in [0.15, 0.2) is 28.2 Å². The lowest BCUT2D eigenvalue weighted by molar-refractivity contribution is 0.305. The van der Waals surface area contributed by atoms with Gasteiger partial charge in [0.25, 0.3) is 0 Å². The number of nitrogens with zero attached hydrogens (tertiary/aromatic N) is 3. The van der Waals surface area contributed by atoms with E-state index >= 15 is 0 Å². The highest BCUT2D eigenvalue weighted by molar-refractivity contribution is 6.05. The van der Waals surface area contributed by atoms with Crippen molar-refractivity contribution in [3.05, 3.63) is 29.6 Å². The van der Waals surface area contributed by atoms with E-state index < -0.39 is 5.66 Å². The van der Waals surface area contributed by atoms with Gasteiger partial charge in [0.2, 0.25) is 11.9 Å². The topological polar surface area (TPSA) is 80.0 Å². The fourth-order valence-electron chi connectivity index (χ4n) is 3.34. The van der Waals surface area contributed by atoms with E-state index in [1.54, 1.807) is 6.07 Å². The molecule has 0 unspecified atom stereocenters. The van der Waals surface area contributed by atoms with Gasteiger partial charge in [0, 0.05) is 5.69 Å². The van der Waals surface area contributed by atoms with Crippen molar-refractivity contribution in [3.63, 3.8) is 0 Å². The molecule has 112 valence electrons. The second-order valence-electron chi connectivity index (χ2n) is 5.75. The molecule has 1 aromatic carbocycles. The van der Waals surface area contributed by atoms with Gasteiger partial charge in [-0.25, -0.2) is 9.38 Å². The molecule has 21 heavy (non-hydrogen) atoms. The van der Waals surface area contributed by atoms with Gasteiger partial charge in [-0.05, 0) is 56.4 Å². The SMILES string of the molecule is Cc1cc(F)ccc1N1C(N)=NC(N)=NC12CCCCC2. The Morgan fingerprint density at radius 2 is 1.90 bits per heavy atom. The highest BCUT2D eigenvalue weighted by Crippen LogP contribution is 2.40. The van der Waals surface area contributed by atoms with E-state index in [0.29, 0.717) is 5.96 Å². The number of guanidine groups is 2. The average Bonchev–Trinajstić information content (AvgIpc) is 2.41. The molecule has 1 saturated carbocycles. The van der Waals surface area contributed by atoms with Crippen molar-refractivity contribution in [1.82, 2.24) is 0 Å². The van der Waals surface area contributed by atoms with E-state index in [1.165, 1.54) is 18.6 Å². The van der Waals surface area contributed by atoms with Gasteiger partial charge >= 0.3 is 0 Å². The number of halogens is 1. The highest BCUT2D eigenvalue weighted by Gasteiger charge is 2.42. The lowest BCUT2D eigenvalue weighted by Crippen LogP contribution is -2.58. The molecule has 0 atom stereocenters. The van der Waals surface area contributed by atoms with Crippen LogP contribution in [0.25, 0.3) is 0 Å². The standard InChI is InChI=1S/C15H20FN5/c1-10-9-11(16)5-6-12(10)21-14(18)19-13(17)20-15(21)7-3-2-4-8-15/h5-6,9H,2-4,7-8H2,1H3,(H4,17,18,19,20). The molecule has 1 heterocycles. The zero-order chi connectivity index (χ0) is 15.0. The Hall–Kier alpha value is -2.11. The molecule has 1 aliphatic heterocycles. The summed E-state index contributed by atoms with van der Waals surface area (Å²) in [6, 6.07) is 4.68. The van der Waals surface area contributed by atoms with Crippen LogP contribution < -0.4 is 16.4 Å². The zero-order valence-corrected chi connectivity index (χ0v) is 12.1. The molecule has 5 nitrogen and oxygen atoms in total. The summed E-state index contributed by atoms with van der Waals surface area (Å²) in [5.74, 6) is 0.300. The molecular weight excluding hydrogens is 269 g/mol. The van der Waals surface area contributed by atoms with Gasteiger partial charge in [-0.15, -0.1) is 0 Å². The van der Waals surface area contributed by atoms with Crippen LogP contribution in [0, 0.1) is 12.7 Å². The Labute approximate surface area is 123 Å². The first-order chi connectivity index (χ1) is 10.0. The second-order valence-corrected chi connectivity index (χ2v) is 5.75. The van der Waals surface area contributed by atoms with Crippen LogP contribution in [0.2, 0.25) is 0 Å². The van der Waals surface area contributed by atoms with Gasteiger partial charge in [0.1, 0.15) is 11.5 Å². The molecule has 0 radical (unpaired) electrons. The van der Waals surface area contributed by atoms with Gasteiger partial charge in [0.05, 0.1) is 0 Å². The minimum Gasteiger partial charge on any atom is -0.369 e. The minimum atomic E-state index is -0.475. The molecule has 1 fully saturated rings. The Bertz CT molecular complexity index is 616. The molecule has 3 rings (SSSR count). The molecule has 2 aliphatic rings. The molecule has 1 aromatic rings. The fourth-order valence-corrected chi connectivity index (χ4v) is 3.34. The molecule has 0 bridgehead atoms. The summed E-state index contributed by atoms with van der Waals surface area (Å²) in [5.41, 5.74) is 13.1. The largest absolute Gasteiger partial charge is 0.369 e. The van der Waals surface area contributed by atoms with Crippen molar-refractivity contribution in [2.75, 3.05) is 4.90 Å². The van der Waals surface area contributed by atoms with E-state index in [2.05, 4.69) is 9.98 Å². The van der Waals surface area contributed by atoms with E-state index in [4.69, 9.17) is 11.5 Å². The summed E-state index contributed by atoms with van der Waals surface area (Å²) in [6.45, 7) is 1.86. The summed E-state index contributed by atoms with van der Waals surface area (Å²) in [7, 11) is 0. The van der Waals surface area contributed by atoms with Gasteiger partial charge in [-0.2, -0.15) is 4.99 Å². The first kappa shape index (κ1) is 13.9. The summed E-state index contributed by atoms with van der Waals surface area (Å²) in [6.07, 6.45) is 5.08. The molecule has 4 N–H and O–H groups in total. The third kappa shape index (κ3) is 2.34. The van der Waals surface area contributed by atoms with Crippen LogP contribution >= 0.6 is 0 Å². The van der Waals surface area contributed by atoms with Crippen LogP contribution in [-0.2, 0) is 0 Å². The van der Waals surface area contributed by atoms with Gasteiger partial charge < -0.3 is 11.5 Å². The smallest absolute Gasteiger partial charge is 0.220 e. The number of rotatable bonds is 1. The van der Waals surface area contributed by atoms with Crippen molar-refractivity contribution >= 4 is 17.6 Å². The van der Waals surface area contributed by atoms with Crippen LogP contribution in [-0.4, -0.2) is 17.6 Å². The van der Waals surface area contributed by atoms with E-state index in [9.17, 15) is 4.39 Å². The van der Waals surface area contributed by atoms with Crippen LogP contribution in [0.4, 0.5) is 10.1 Å². The quantitative estimate of drug-likeness (QED) is 0.832. The van der Waals surface area contributed by atoms with Crippen molar-refractivity contribution in [1.29, 1.82) is 0 Å². The summed E-state index contributed by atoms with van der Waals surface area (Å²) in [5, 5.41) is 0. The van der Waals surface area contributed by atoms with E-state index in [0.717, 1.165) is 36.9 Å². The van der Waals surface area contributed by atoms with E-state index in [-0.39, 0.29) is 11.8 Å². The normalized spacial score (nSPS) is 21.1. The number of aryl methyl sites for hydroxylation is 1. The molecule has 0 aromatic heterocycles. The Morgan fingerprint density at radius 1 is 1.19 bits per heavy atom. The molecular formula is C15H20FN5. The lowest BCUT2D eigenvalue weighted by Gasteiger charge is -2.46. The summed E-state index contributed by atoms with van der Waals surface area (Å²) in [4.78, 5) is 10.6. The van der Waals surface area contributed by atoms with Crippen LogP contribution in [0.5, 0.6) is 0 Å². The minimum absolute atomic E-state index is 0.227. The monoisotopic (exact) mass is 289 g/mol. The predicted molar refractivity (Wildman–Crippen MR) is 82.7 cm³/mol. The summed E-state index contributed by atoms with van der Waals surface area (Å²) < 4.78 is 13.4. The third-order valence-electron chi connectivity index (χ3n) is 4.25. The molecule has 0 saturated heterocycles. The lowest BCUT2D eigenvalue weighted by atomic mass is 9.87. The molecule has 6 heteroatoms. The number of nitrogens with two attached hydrogens (primary N) is 2. The first-order valence-electron chi connectivity index (χ1n) is 7.28. The Balaban J connectivity index is 2.10. The van der Waals surface area contributed by atoms with Crippen molar-refractivity contribution in [2.24, 2.45) is 21.5 Å². The molecule has 1 aliphatic carbocycles. The predicted octanol–water partition coefficient (Wildman–Crippen LogP) is 2.24. The average molecular weight is 289 g/mol. The number of anilines is 1. The maximum Gasteiger partial charge on any atom is 0.220 e. The van der Waals surface area contributed by atoms with Crippen LogP contribution in [0.3, 0.4) is 0 Å². The third-order valence-corrected chi connectivity index (χ3v) is 4.25. The first-order valence-corrected chi connectivity index (χ1v) is 7.28. The maximum atomic E-state index is 13.4. The fraction of sp³-hybridized carbons (Fsp3) is 0.467. The van der Waals surface area contributed by atoms with E-state index in [1.807, 2.05) is 11.8 Å². The highest BCUT2D eigenvalue weighted by atomic mass is 19.1. The van der Waals surface area contributed by atoms with Gasteiger partial charge in [-0.3, -0.25) is 4.90 Å². The molecule has 1 spiro atoms. The number of hydrogen-bond donors (Lipinski definition) is 2. The molecule has 0 amide bonds. The van der Waals surface area contributed by atoms with Crippen molar-refractivity contribution < 1.29 is 4.39 Å². The zero-order valence-electron chi connectivity index (χ0n) is 12.1. The van der Waals surface area contributed by atoms with Gasteiger partial charge in [0.15, 0.2) is 0 Å². The maximum absolute atomic E-state index is 13.4. The van der Waals surface area contributed by atoms with Crippen LogP contribution in [0.1, 0.15) is 37.7 Å². The number of benzene rings is 1. The van der Waals surface area contributed by atoms with Crippen molar-refractivity contribution in [3.8, 4) is 0 Å². The second kappa shape index (κ2) is 5.02. The van der Waals surface area contributed by atoms with Gasteiger partial charge in [-0.1, -0.05) is 6.42 Å². The summed E-state index contributed by atoms with van der Waals surface area (Å²) >= 11 is 0. The number of aliphatic imine (C=N–C) groups is 2. The number of hydrogen-bond acceptors (Lipinski definition) is 5.